The van der Waals surface area contributed by atoms with E-state index in [0.29, 0.717) is 11.1 Å². The molecule has 0 aliphatic carbocycles. The topological polar surface area (TPSA) is 66.5 Å². The average molecular weight is 270 g/mol. The van der Waals surface area contributed by atoms with Gasteiger partial charge in [0.1, 0.15) is 0 Å². The summed E-state index contributed by atoms with van der Waals surface area (Å²) < 4.78 is 0. The summed E-state index contributed by atoms with van der Waals surface area (Å²) in [4.78, 5) is 36.8. The molecular formula is C15H14N2O3. The van der Waals surface area contributed by atoms with E-state index in [0.717, 1.165) is 10.5 Å². The molecule has 0 radical (unpaired) electrons. The number of nitrogens with one attached hydrogen (secondary N) is 1. The summed E-state index contributed by atoms with van der Waals surface area (Å²) in [5.41, 5.74) is 1.71. The molecule has 1 aromatic carbocycles. The van der Waals surface area contributed by atoms with Gasteiger partial charge in [0.05, 0.1) is 17.7 Å². The Bertz CT molecular complexity index is 628. The van der Waals surface area contributed by atoms with Crippen LogP contribution in [0.2, 0.25) is 0 Å². The Balaban J connectivity index is 2.06. The molecule has 1 aromatic rings. The van der Waals surface area contributed by atoms with Crippen molar-refractivity contribution in [1.82, 2.24) is 10.2 Å². The van der Waals surface area contributed by atoms with Gasteiger partial charge in [0.25, 0.3) is 11.8 Å². The highest BCUT2D eigenvalue weighted by molar-refractivity contribution is 6.21. The molecule has 5 nitrogen and oxygen atoms in total. The van der Waals surface area contributed by atoms with Crippen LogP contribution in [0.15, 0.2) is 18.2 Å². The molecule has 102 valence electrons. The van der Waals surface area contributed by atoms with Gasteiger partial charge in [0.2, 0.25) is 5.91 Å². The number of carbonyl (C=O) groups excluding carboxylic acids is 3. The van der Waals surface area contributed by atoms with Crippen LogP contribution in [-0.2, 0) is 4.79 Å². The van der Waals surface area contributed by atoms with Crippen LogP contribution in [0.1, 0.15) is 32.7 Å². The third kappa shape index (κ3) is 2.54. The number of imide groups is 1. The number of hydrogen-bond donors (Lipinski definition) is 1. The van der Waals surface area contributed by atoms with Crippen LogP contribution in [0.5, 0.6) is 0 Å². The zero-order chi connectivity index (χ0) is 14.7. The molecule has 0 atom stereocenters. The molecule has 0 saturated carbocycles. The predicted molar refractivity (Wildman–Crippen MR) is 73.0 cm³/mol. The first-order valence-electron chi connectivity index (χ1n) is 6.21. The lowest BCUT2D eigenvalue weighted by Gasteiger charge is -2.12. The molecule has 1 aliphatic rings. The van der Waals surface area contributed by atoms with Gasteiger partial charge in [-0.1, -0.05) is 17.6 Å². The molecule has 1 heterocycles. The Morgan fingerprint density at radius 2 is 2.00 bits per heavy atom. The van der Waals surface area contributed by atoms with Gasteiger partial charge in [-0.05, 0) is 19.1 Å². The third-order valence-electron chi connectivity index (χ3n) is 3.08. The summed E-state index contributed by atoms with van der Waals surface area (Å²) >= 11 is 0. The molecule has 2 rings (SSSR count). The molecule has 1 aliphatic heterocycles. The fourth-order valence-electron chi connectivity index (χ4n) is 2.06. The normalized spacial score (nSPS) is 13.1. The molecule has 0 spiro atoms. The van der Waals surface area contributed by atoms with Crippen molar-refractivity contribution in [1.29, 1.82) is 0 Å². The van der Waals surface area contributed by atoms with Crippen LogP contribution in [0.4, 0.5) is 0 Å². The van der Waals surface area contributed by atoms with Crippen molar-refractivity contribution in [3.8, 4) is 12.3 Å². The molecule has 0 unspecified atom stereocenters. The van der Waals surface area contributed by atoms with Crippen molar-refractivity contribution in [2.45, 2.75) is 13.3 Å². The Kier molecular flexibility index (Phi) is 3.85. The number of amides is 3. The zero-order valence-corrected chi connectivity index (χ0v) is 11.1. The van der Waals surface area contributed by atoms with Gasteiger partial charge in [0.15, 0.2) is 0 Å². The van der Waals surface area contributed by atoms with E-state index in [1.165, 1.54) is 0 Å². The maximum atomic E-state index is 12.1. The van der Waals surface area contributed by atoms with Crippen molar-refractivity contribution in [2.24, 2.45) is 0 Å². The van der Waals surface area contributed by atoms with Crippen LogP contribution in [0.25, 0.3) is 0 Å². The number of fused-ring (bicyclic) bond motifs is 1. The molecule has 3 amide bonds. The van der Waals surface area contributed by atoms with Crippen molar-refractivity contribution in [3.05, 3.63) is 34.9 Å². The summed E-state index contributed by atoms with van der Waals surface area (Å²) in [6.07, 6.45) is 5.08. The second kappa shape index (κ2) is 5.57. The van der Waals surface area contributed by atoms with Gasteiger partial charge >= 0.3 is 0 Å². The van der Waals surface area contributed by atoms with Crippen molar-refractivity contribution < 1.29 is 14.4 Å². The number of rotatable bonds is 4. The smallest absolute Gasteiger partial charge is 0.261 e. The minimum atomic E-state index is -0.352. The minimum absolute atomic E-state index is 0.0477. The number of aryl methyl sites for hydroxylation is 1. The fourth-order valence-corrected chi connectivity index (χ4v) is 2.06. The highest BCUT2D eigenvalue weighted by Gasteiger charge is 2.35. The molecule has 0 aromatic heterocycles. The largest absolute Gasteiger partial charge is 0.345 e. The van der Waals surface area contributed by atoms with E-state index in [1.54, 1.807) is 18.2 Å². The van der Waals surface area contributed by atoms with Gasteiger partial charge in [0, 0.05) is 13.0 Å². The summed E-state index contributed by atoms with van der Waals surface area (Å²) in [7, 11) is 0. The third-order valence-corrected chi connectivity index (χ3v) is 3.08. The van der Waals surface area contributed by atoms with E-state index in [1.807, 2.05) is 6.92 Å². The molecule has 1 N–H and O–H groups in total. The first kappa shape index (κ1) is 13.8. The van der Waals surface area contributed by atoms with Crippen LogP contribution in [0.3, 0.4) is 0 Å². The summed E-state index contributed by atoms with van der Waals surface area (Å²) in [5, 5.41) is 2.49. The number of carbonyl (C=O) groups is 3. The lowest BCUT2D eigenvalue weighted by atomic mass is 10.1. The molecule has 20 heavy (non-hydrogen) atoms. The second-order valence-corrected chi connectivity index (χ2v) is 4.54. The first-order valence-corrected chi connectivity index (χ1v) is 6.21. The van der Waals surface area contributed by atoms with Crippen LogP contribution < -0.4 is 5.32 Å². The highest BCUT2D eigenvalue weighted by Crippen LogP contribution is 2.23. The number of nitrogens with zero attached hydrogens (tertiary/aromatic N) is 1. The van der Waals surface area contributed by atoms with Gasteiger partial charge in [-0.3, -0.25) is 19.3 Å². The molecule has 5 heteroatoms. The minimum Gasteiger partial charge on any atom is -0.345 e. The van der Waals surface area contributed by atoms with Crippen LogP contribution >= 0.6 is 0 Å². The van der Waals surface area contributed by atoms with Crippen molar-refractivity contribution >= 4 is 17.7 Å². The number of benzene rings is 1. The summed E-state index contributed by atoms with van der Waals surface area (Å²) in [6, 6.07) is 5.12. The highest BCUT2D eigenvalue weighted by atomic mass is 16.2. The van der Waals surface area contributed by atoms with Crippen LogP contribution in [0, 0.1) is 19.3 Å². The predicted octanol–water partition coefficient (Wildman–Crippen LogP) is 0.731. The van der Waals surface area contributed by atoms with E-state index < -0.39 is 0 Å². The monoisotopic (exact) mass is 270 g/mol. The molecule has 0 fully saturated rings. The Hall–Kier alpha value is -2.61. The lowest BCUT2D eigenvalue weighted by molar-refractivity contribution is -0.120. The van der Waals surface area contributed by atoms with Crippen molar-refractivity contribution in [3.63, 3.8) is 0 Å². The van der Waals surface area contributed by atoms with Gasteiger partial charge < -0.3 is 5.32 Å². The fraction of sp³-hybridized carbons (Fsp3) is 0.267. The Labute approximate surface area is 117 Å². The molecule has 0 bridgehead atoms. The SMILES string of the molecule is C#CCNC(=O)CCN1C(=O)c2ccc(C)cc2C1=O. The number of hydrogen-bond acceptors (Lipinski definition) is 3. The van der Waals surface area contributed by atoms with E-state index in [-0.39, 0.29) is 37.2 Å². The van der Waals surface area contributed by atoms with Crippen LogP contribution in [-0.4, -0.2) is 35.7 Å². The Morgan fingerprint density at radius 1 is 1.30 bits per heavy atom. The van der Waals surface area contributed by atoms with Gasteiger partial charge in [-0.15, -0.1) is 6.42 Å². The quantitative estimate of drug-likeness (QED) is 0.648. The molecular weight excluding hydrogens is 256 g/mol. The van der Waals surface area contributed by atoms with E-state index in [9.17, 15) is 14.4 Å². The average Bonchev–Trinajstić information content (AvgIpc) is 2.66. The van der Waals surface area contributed by atoms with E-state index in [2.05, 4.69) is 11.2 Å². The zero-order valence-electron chi connectivity index (χ0n) is 11.1. The second-order valence-electron chi connectivity index (χ2n) is 4.54. The van der Waals surface area contributed by atoms with Gasteiger partial charge in [-0.25, -0.2) is 0 Å². The maximum absolute atomic E-state index is 12.1. The first-order chi connectivity index (χ1) is 9.54. The van der Waals surface area contributed by atoms with E-state index >= 15 is 0 Å². The van der Waals surface area contributed by atoms with E-state index in [4.69, 9.17) is 6.42 Å². The summed E-state index contributed by atoms with van der Waals surface area (Å²) in [6.45, 7) is 2.05. The standard InChI is InChI=1S/C15H14N2O3/c1-3-7-16-13(18)6-8-17-14(19)11-5-4-10(2)9-12(11)15(17)20/h1,4-5,9H,6-8H2,2H3,(H,16,18). The number of terminal acetylenes is 1. The lowest BCUT2D eigenvalue weighted by Crippen LogP contribution is -2.34. The molecule has 0 saturated heterocycles. The maximum Gasteiger partial charge on any atom is 0.261 e. The van der Waals surface area contributed by atoms with Gasteiger partial charge in [-0.2, -0.15) is 0 Å². The summed E-state index contributed by atoms with van der Waals surface area (Å²) in [5.74, 6) is 1.30. The Morgan fingerprint density at radius 3 is 2.70 bits per heavy atom. The van der Waals surface area contributed by atoms with Crippen molar-refractivity contribution in [2.75, 3.05) is 13.1 Å².